The summed E-state index contributed by atoms with van der Waals surface area (Å²) in [5.41, 5.74) is 0.609. The van der Waals surface area contributed by atoms with E-state index < -0.39 is 11.6 Å². The van der Waals surface area contributed by atoms with E-state index in [2.05, 4.69) is 20.9 Å². The minimum atomic E-state index is -0.868. The van der Waals surface area contributed by atoms with E-state index in [0.717, 1.165) is 37.3 Å². The van der Waals surface area contributed by atoms with Crippen LogP contribution >= 0.6 is 11.6 Å². The molecule has 0 radical (unpaired) electrons. The molecule has 1 amide bonds. The third kappa shape index (κ3) is 4.22. The second-order valence-electron chi connectivity index (χ2n) is 8.47. The molecule has 1 aliphatic heterocycles. The molecule has 2 fully saturated rings. The maximum absolute atomic E-state index is 11.8. The van der Waals surface area contributed by atoms with Gasteiger partial charge in [0.2, 0.25) is 5.28 Å². The normalized spacial score (nSPS) is 21.8. The lowest BCUT2D eigenvalue weighted by Gasteiger charge is -2.38. The van der Waals surface area contributed by atoms with Gasteiger partial charge in [-0.15, -0.1) is 0 Å². The second kappa shape index (κ2) is 7.59. The van der Waals surface area contributed by atoms with Gasteiger partial charge < -0.3 is 10.0 Å². The lowest BCUT2D eigenvalue weighted by molar-refractivity contribution is 0.0763. The van der Waals surface area contributed by atoms with Gasteiger partial charge in [-0.3, -0.25) is 4.90 Å². The van der Waals surface area contributed by atoms with Gasteiger partial charge in [-0.2, -0.15) is 0 Å². The van der Waals surface area contributed by atoms with Crippen molar-refractivity contribution in [1.29, 1.82) is 0 Å². The van der Waals surface area contributed by atoms with Crippen LogP contribution in [0.3, 0.4) is 0 Å². The van der Waals surface area contributed by atoms with Crippen LogP contribution in [0, 0.1) is 0 Å². The third-order valence-corrected chi connectivity index (χ3v) is 5.68. The Bertz CT molecular complexity index is 655. The number of halogens is 1. The average Bonchev–Trinajstić information content (AvgIpc) is 3.02. The van der Waals surface area contributed by atoms with Crippen molar-refractivity contribution >= 4 is 23.5 Å². The first-order valence-corrected chi connectivity index (χ1v) is 9.95. The SMILES string of the molecule is CC(C)(C)N(C(=O)O)[C@H]1CCN(c2cc(C3CCCCC3)nc(Cl)n2)C1. The van der Waals surface area contributed by atoms with E-state index in [1.165, 1.54) is 19.3 Å². The molecule has 1 aromatic heterocycles. The molecule has 1 aliphatic carbocycles. The number of aromatic nitrogens is 2. The van der Waals surface area contributed by atoms with Crippen molar-refractivity contribution in [2.24, 2.45) is 0 Å². The first-order chi connectivity index (χ1) is 12.3. The van der Waals surface area contributed by atoms with Crippen LogP contribution in [0.1, 0.15) is 70.9 Å². The van der Waals surface area contributed by atoms with E-state index in [0.29, 0.717) is 12.5 Å². The summed E-state index contributed by atoms with van der Waals surface area (Å²) in [7, 11) is 0. The maximum atomic E-state index is 11.8. The Labute approximate surface area is 160 Å². The molecular weight excluding hydrogens is 352 g/mol. The Morgan fingerprint density at radius 3 is 2.54 bits per heavy atom. The summed E-state index contributed by atoms with van der Waals surface area (Å²) in [4.78, 5) is 24.4. The molecule has 3 rings (SSSR count). The van der Waals surface area contributed by atoms with Crippen LogP contribution in [0.4, 0.5) is 10.6 Å². The number of hydrogen-bond acceptors (Lipinski definition) is 4. The molecule has 1 saturated heterocycles. The fraction of sp³-hybridized carbons (Fsp3) is 0.737. The summed E-state index contributed by atoms with van der Waals surface area (Å²) in [6.07, 6.45) is 6.03. The topological polar surface area (TPSA) is 69.6 Å². The monoisotopic (exact) mass is 380 g/mol. The molecule has 7 heteroatoms. The van der Waals surface area contributed by atoms with Crippen molar-refractivity contribution in [3.63, 3.8) is 0 Å². The highest BCUT2D eigenvalue weighted by atomic mass is 35.5. The molecule has 0 unspecified atom stereocenters. The molecule has 2 heterocycles. The number of carboxylic acid groups (broad SMARTS) is 1. The van der Waals surface area contributed by atoms with E-state index >= 15 is 0 Å². The fourth-order valence-corrected chi connectivity index (χ4v) is 4.53. The summed E-state index contributed by atoms with van der Waals surface area (Å²) < 4.78 is 0. The van der Waals surface area contributed by atoms with Crippen LogP contribution < -0.4 is 4.90 Å². The molecule has 0 bridgehead atoms. The largest absolute Gasteiger partial charge is 0.465 e. The molecule has 144 valence electrons. The first kappa shape index (κ1) is 19.2. The van der Waals surface area contributed by atoms with E-state index in [4.69, 9.17) is 11.6 Å². The lowest BCUT2D eigenvalue weighted by Crippen LogP contribution is -2.52. The number of carbonyl (C=O) groups is 1. The van der Waals surface area contributed by atoms with Gasteiger partial charge in [0, 0.05) is 30.6 Å². The zero-order chi connectivity index (χ0) is 18.9. The van der Waals surface area contributed by atoms with Crippen LogP contribution in [0.2, 0.25) is 5.28 Å². The van der Waals surface area contributed by atoms with Crippen LogP contribution in [0.15, 0.2) is 6.07 Å². The zero-order valence-electron chi connectivity index (χ0n) is 15.9. The smallest absolute Gasteiger partial charge is 0.408 e. The summed E-state index contributed by atoms with van der Waals surface area (Å²) in [6.45, 7) is 7.23. The molecule has 1 N–H and O–H groups in total. The van der Waals surface area contributed by atoms with E-state index in [1.54, 1.807) is 4.90 Å². The van der Waals surface area contributed by atoms with Crippen molar-refractivity contribution in [2.75, 3.05) is 18.0 Å². The number of amides is 1. The second-order valence-corrected chi connectivity index (χ2v) is 8.80. The highest BCUT2D eigenvalue weighted by Crippen LogP contribution is 2.34. The molecule has 26 heavy (non-hydrogen) atoms. The Morgan fingerprint density at radius 1 is 1.23 bits per heavy atom. The predicted octanol–water partition coefficient (Wildman–Crippen LogP) is 4.53. The summed E-state index contributed by atoms with van der Waals surface area (Å²) >= 11 is 6.22. The van der Waals surface area contributed by atoms with E-state index in [9.17, 15) is 9.90 Å². The molecular formula is C19H29ClN4O2. The number of hydrogen-bond donors (Lipinski definition) is 1. The standard InChI is InChI=1S/C19H29ClN4O2/c1-19(2,3)24(18(25)26)14-9-10-23(12-14)16-11-15(21-17(20)22-16)13-7-5-4-6-8-13/h11,13-14H,4-10,12H2,1-3H3,(H,25,26)/t14-/m0/s1. The molecule has 0 spiro atoms. The maximum Gasteiger partial charge on any atom is 0.408 e. The van der Waals surface area contributed by atoms with Crippen LogP contribution in [0.5, 0.6) is 0 Å². The van der Waals surface area contributed by atoms with Gasteiger partial charge in [0.15, 0.2) is 0 Å². The van der Waals surface area contributed by atoms with Gasteiger partial charge in [0.25, 0.3) is 0 Å². The van der Waals surface area contributed by atoms with Crippen LogP contribution in [-0.4, -0.2) is 50.7 Å². The average molecular weight is 381 g/mol. The third-order valence-electron chi connectivity index (χ3n) is 5.51. The molecule has 0 aromatic carbocycles. The number of nitrogens with zero attached hydrogens (tertiary/aromatic N) is 4. The summed E-state index contributed by atoms with van der Waals surface area (Å²) in [5, 5.41) is 9.93. The molecule has 1 saturated carbocycles. The van der Waals surface area contributed by atoms with Gasteiger partial charge in [-0.1, -0.05) is 19.3 Å². The van der Waals surface area contributed by atoms with Gasteiger partial charge in [0.1, 0.15) is 5.82 Å². The van der Waals surface area contributed by atoms with Crippen molar-refractivity contribution in [1.82, 2.24) is 14.9 Å². The highest BCUT2D eigenvalue weighted by Gasteiger charge is 2.37. The molecule has 6 nitrogen and oxygen atoms in total. The van der Waals surface area contributed by atoms with Crippen molar-refractivity contribution < 1.29 is 9.90 Å². The fourth-order valence-electron chi connectivity index (χ4n) is 4.34. The van der Waals surface area contributed by atoms with Gasteiger partial charge in [0.05, 0.1) is 11.7 Å². The Hall–Kier alpha value is -1.56. The first-order valence-electron chi connectivity index (χ1n) is 9.57. The Morgan fingerprint density at radius 2 is 1.92 bits per heavy atom. The predicted molar refractivity (Wildman–Crippen MR) is 103 cm³/mol. The highest BCUT2D eigenvalue weighted by molar-refractivity contribution is 6.28. The van der Waals surface area contributed by atoms with E-state index in [1.807, 2.05) is 20.8 Å². The number of rotatable bonds is 3. The number of anilines is 1. The minimum Gasteiger partial charge on any atom is -0.465 e. The van der Waals surface area contributed by atoms with Crippen LogP contribution in [-0.2, 0) is 0 Å². The molecule has 1 aromatic rings. The van der Waals surface area contributed by atoms with Gasteiger partial charge >= 0.3 is 6.09 Å². The van der Waals surface area contributed by atoms with Crippen molar-refractivity contribution in [3.05, 3.63) is 17.0 Å². The van der Waals surface area contributed by atoms with Gasteiger partial charge in [-0.05, 0) is 51.6 Å². The Kier molecular flexibility index (Phi) is 5.61. The summed E-state index contributed by atoms with van der Waals surface area (Å²) in [5.74, 6) is 1.29. The summed E-state index contributed by atoms with van der Waals surface area (Å²) in [6, 6.07) is 2.02. The van der Waals surface area contributed by atoms with Crippen molar-refractivity contribution in [2.45, 2.75) is 76.8 Å². The quantitative estimate of drug-likeness (QED) is 0.780. The molecule has 1 atom stereocenters. The van der Waals surface area contributed by atoms with E-state index in [-0.39, 0.29) is 11.3 Å². The molecule has 2 aliphatic rings. The lowest BCUT2D eigenvalue weighted by atomic mass is 9.87. The van der Waals surface area contributed by atoms with Crippen molar-refractivity contribution in [3.8, 4) is 0 Å². The van der Waals surface area contributed by atoms with Gasteiger partial charge in [-0.25, -0.2) is 14.8 Å². The zero-order valence-corrected chi connectivity index (χ0v) is 16.7. The Balaban J connectivity index is 1.78. The van der Waals surface area contributed by atoms with Crippen LogP contribution in [0.25, 0.3) is 0 Å². The minimum absolute atomic E-state index is 0.0422.